The Balaban J connectivity index is 1.64. The fourth-order valence-corrected chi connectivity index (χ4v) is 3.07. The minimum atomic E-state index is -0.380. The van der Waals surface area contributed by atoms with E-state index in [-0.39, 0.29) is 11.9 Å². The second kappa shape index (κ2) is 9.74. The number of carbonyl (C=O) groups excluding carboxylic acids is 2. The van der Waals surface area contributed by atoms with Gasteiger partial charge in [-0.25, -0.2) is 0 Å². The van der Waals surface area contributed by atoms with Gasteiger partial charge in [0.1, 0.15) is 18.1 Å². The third-order valence-corrected chi connectivity index (χ3v) is 4.55. The standard InChI is InChI=1S/C25H25NO4/c1-17-6-4-8-21(12-17)16-29-22-11-10-18(2)24(14-22)25(28)26-15-20-7-5-9-23(13-20)30-19(3)27/h4-14H,15-16H2,1-3H3,(H,26,28). The van der Waals surface area contributed by atoms with Crippen molar-refractivity contribution in [3.8, 4) is 11.5 Å². The normalized spacial score (nSPS) is 10.4. The highest BCUT2D eigenvalue weighted by Gasteiger charge is 2.11. The fourth-order valence-electron chi connectivity index (χ4n) is 3.07. The number of rotatable bonds is 7. The van der Waals surface area contributed by atoms with Crippen molar-refractivity contribution in [3.05, 3.63) is 94.5 Å². The van der Waals surface area contributed by atoms with Crippen LogP contribution in [0, 0.1) is 13.8 Å². The fraction of sp³-hybridized carbons (Fsp3) is 0.200. The zero-order valence-electron chi connectivity index (χ0n) is 17.4. The van der Waals surface area contributed by atoms with Crippen LogP contribution in [0.5, 0.6) is 11.5 Å². The van der Waals surface area contributed by atoms with Crippen molar-refractivity contribution in [2.24, 2.45) is 0 Å². The van der Waals surface area contributed by atoms with Crippen LogP contribution in [0.2, 0.25) is 0 Å². The third-order valence-electron chi connectivity index (χ3n) is 4.55. The highest BCUT2D eigenvalue weighted by atomic mass is 16.5. The van der Waals surface area contributed by atoms with Gasteiger partial charge in [0.15, 0.2) is 0 Å². The van der Waals surface area contributed by atoms with Crippen LogP contribution in [-0.2, 0) is 17.9 Å². The Kier molecular flexibility index (Phi) is 6.86. The van der Waals surface area contributed by atoms with Crippen LogP contribution < -0.4 is 14.8 Å². The molecule has 0 saturated heterocycles. The van der Waals surface area contributed by atoms with Gasteiger partial charge in [0.25, 0.3) is 5.91 Å². The molecule has 1 N–H and O–H groups in total. The van der Waals surface area contributed by atoms with E-state index in [0.29, 0.717) is 30.2 Å². The van der Waals surface area contributed by atoms with E-state index >= 15 is 0 Å². The Hall–Kier alpha value is -3.60. The lowest BCUT2D eigenvalue weighted by Crippen LogP contribution is -2.23. The van der Waals surface area contributed by atoms with Crippen molar-refractivity contribution in [2.75, 3.05) is 0 Å². The Morgan fingerprint density at radius 1 is 0.867 bits per heavy atom. The zero-order chi connectivity index (χ0) is 21.5. The molecule has 0 heterocycles. The highest BCUT2D eigenvalue weighted by Crippen LogP contribution is 2.20. The lowest BCUT2D eigenvalue weighted by Gasteiger charge is -2.12. The van der Waals surface area contributed by atoms with Crippen molar-refractivity contribution in [1.82, 2.24) is 5.32 Å². The van der Waals surface area contributed by atoms with E-state index in [0.717, 1.165) is 16.7 Å². The second-order valence-corrected chi connectivity index (χ2v) is 7.18. The van der Waals surface area contributed by atoms with E-state index in [9.17, 15) is 9.59 Å². The summed E-state index contributed by atoms with van der Waals surface area (Å²) in [5.74, 6) is 0.529. The van der Waals surface area contributed by atoms with Gasteiger partial charge in [-0.15, -0.1) is 0 Å². The van der Waals surface area contributed by atoms with Gasteiger partial charge in [-0.2, -0.15) is 0 Å². The maximum Gasteiger partial charge on any atom is 0.308 e. The van der Waals surface area contributed by atoms with Crippen LogP contribution in [0.15, 0.2) is 66.7 Å². The molecule has 154 valence electrons. The molecule has 0 fully saturated rings. The molecule has 3 rings (SSSR count). The van der Waals surface area contributed by atoms with E-state index in [1.807, 2.05) is 50.2 Å². The van der Waals surface area contributed by atoms with Crippen LogP contribution >= 0.6 is 0 Å². The molecule has 0 radical (unpaired) electrons. The first-order valence-corrected chi connectivity index (χ1v) is 9.75. The van der Waals surface area contributed by atoms with Gasteiger partial charge in [0, 0.05) is 19.0 Å². The van der Waals surface area contributed by atoms with Crippen molar-refractivity contribution < 1.29 is 19.1 Å². The molecule has 0 saturated carbocycles. The molecule has 5 nitrogen and oxygen atoms in total. The largest absolute Gasteiger partial charge is 0.489 e. The molecule has 30 heavy (non-hydrogen) atoms. The molecule has 0 aromatic heterocycles. The second-order valence-electron chi connectivity index (χ2n) is 7.18. The van der Waals surface area contributed by atoms with Crippen molar-refractivity contribution >= 4 is 11.9 Å². The SMILES string of the molecule is CC(=O)Oc1cccc(CNC(=O)c2cc(OCc3cccc(C)c3)ccc2C)c1. The van der Waals surface area contributed by atoms with Gasteiger partial charge in [-0.1, -0.05) is 48.0 Å². The Labute approximate surface area is 176 Å². The van der Waals surface area contributed by atoms with Gasteiger partial charge >= 0.3 is 5.97 Å². The number of carbonyl (C=O) groups is 2. The van der Waals surface area contributed by atoms with E-state index in [4.69, 9.17) is 9.47 Å². The lowest BCUT2D eigenvalue weighted by atomic mass is 10.1. The van der Waals surface area contributed by atoms with Gasteiger partial charge in [-0.3, -0.25) is 9.59 Å². The minimum Gasteiger partial charge on any atom is -0.489 e. The summed E-state index contributed by atoms with van der Waals surface area (Å²) in [5.41, 5.74) is 4.52. The molecule has 0 unspecified atom stereocenters. The Bertz CT molecular complexity index is 1060. The molecular weight excluding hydrogens is 378 g/mol. The van der Waals surface area contributed by atoms with Crippen LogP contribution in [0.3, 0.4) is 0 Å². The van der Waals surface area contributed by atoms with Crippen LogP contribution in [0.25, 0.3) is 0 Å². The molecule has 0 aliphatic rings. The minimum absolute atomic E-state index is 0.189. The van der Waals surface area contributed by atoms with Crippen LogP contribution in [-0.4, -0.2) is 11.9 Å². The number of hydrogen-bond donors (Lipinski definition) is 1. The van der Waals surface area contributed by atoms with Gasteiger partial charge < -0.3 is 14.8 Å². The van der Waals surface area contributed by atoms with Crippen molar-refractivity contribution in [2.45, 2.75) is 33.9 Å². The summed E-state index contributed by atoms with van der Waals surface area (Å²) < 4.78 is 11.0. The smallest absolute Gasteiger partial charge is 0.308 e. The quantitative estimate of drug-likeness (QED) is 0.457. The molecule has 0 aliphatic heterocycles. The molecule has 0 atom stereocenters. The predicted molar refractivity (Wildman–Crippen MR) is 116 cm³/mol. The predicted octanol–water partition coefficient (Wildman–Crippen LogP) is 4.74. The van der Waals surface area contributed by atoms with Crippen LogP contribution in [0.4, 0.5) is 0 Å². The number of ether oxygens (including phenoxy) is 2. The average Bonchev–Trinajstić information content (AvgIpc) is 2.71. The number of hydrogen-bond acceptors (Lipinski definition) is 4. The molecule has 0 spiro atoms. The summed E-state index contributed by atoms with van der Waals surface area (Å²) >= 11 is 0. The summed E-state index contributed by atoms with van der Waals surface area (Å²) in [7, 11) is 0. The number of aryl methyl sites for hydroxylation is 2. The first kappa shape index (κ1) is 21.1. The van der Waals surface area contributed by atoms with Crippen molar-refractivity contribution in [1.29, 1.82) is 0 Å². The summed E-state index contributed by atoms with van der Waals surface area (Å²) in [6.07, 6.45) is 0. The van der Waals surface area contributed by atoms with E-state index in [1.54, 1.807) is 24.3 Å². The molecule has 3 aromatic carbocycles. The molecule has 0 bridgehead atoms. The molecular formula is C25H25NO4. The van der Waals surface area contributed by atoms with Gasteiger partial charge in [0.05, 0.1) is 0 Å². The number of esters is 1. The number of benzene rings is 3. The molecule has 0 aliphatic carbocycles. The first-order valence-electron chi connectivity index (χ1n) is 9.75. The summed E-state index contributed by atoms with van der Waals surface area (Å²) in [4.78, 5) is 23.8. The Morgan fingerprint density at radius 2 is 1.63 bits per heavy atom. The first-order chi connectivity index (χ1) is 14.4. The zero-order valence-corrected chi connectivity index (χ0v) is 17.4. The van der Waals surface area contributed by atoms with E-state index in [2.05, 4.69) is 11.4 Å². The maximum atomic E-state index is 12.7. The topological polar surface area (TPSA) is 64.6 Å². The maximum absolute atomic E-state index is 12.7. The lowest BCUT2D eigenvalue weighted by molar-refractivity contribution is -0.131. The molecule has 1 amide bonds. The van der Waals surface area contributed by atoms with E-state index in [1.165, 1.54) is 12.5 Å². The summed E-state index contributed by atoms with van der Waals surface area (Å²) in [5, 5.41) is 2.91. The third kappa shape index (κ3) is 5.95. The van der Waals surface area contributed by atoms with Gasteiger partial charge in [0.2, 0.25) is 0 Å². The summed E-state index contributed by atoms with van der Waals surface area (Å²) in [6, 6.07) is 20.7. The highest BCUT2D eigenvalue weighted by molar-refractivity contribution is 5.96. The molecule has 3 aromatic rings. The van der Waals surface area contributed by atoms with E-state index < -0.39 is 0 Å². The number of amides is 1. The van der Waals surface area contributed by atoms with Crippen molar-refractivity contribution in [3.63, 3.8) is 0 Å². The Morgan fingerprint density at radius 3 is 2.40 bits per heavy atom. The monoisotopic (exact) mass is 403 g/mol. The number of nitrogens with one attached hydrogen (secondary N) is 1. The average molecular weight is 403 g/mol. The molecule has 5 heteroatoms. The van der Waals surface area contributed by atoms with Crippen LogP contribution in [0.1, 0.15) is 39.5 Å². The van der Waals surface area contributed by atoms with Gasteiger partial charge in [-0.05, 0) is 54.8 Å². The summed E-state index contributed by atoms with van der Waals surface area (Å²) in [6.45, 7) is 6.04.